The standard InChI is InChI=1S/C17H33N3O2.2ClH/c1-14-4-10-20(11-5-14)15(2)12-19-16(21)17(13-22-3)6-8-18-9-7-17;;/h14-15,18H,4-13H2,1-3H3,(H,19,21);2*1H. The molecule has 1 unspecified atom stereocenters. The van der Waals surface area contributed by atoms with E-state index < -0.39 is 0 Å². The van der Waals surface area contributed by atoms with Crippen LogP contribution in [0.1, 0.15) is 39.5 Å². The fraction of sp³-hybridized carbons (Fsp3) is 0.941. The van der Waals surface area contributed by atoms with E-state index in [0.717, 1.165) is 51.5 Å². The van der Waals surface area contributed by atoms with E-state index in [-0.39, 0.29) is 36.1 Å². The number of halogens is 2. The van der Waals surface area contributed by atoms with Gasteiger partial charge in [-0.25, -0.2) is 0 Å². The lowest BCUT2D eigenvalue weighted by atomic mass is 9.78. The fourth-order valence-electron chi connectivity index (χ4n) is 3.64. The van der Waals surface area contributed by atoms with Crippen molar-refractivity contribution in [2.75, 3.05) is 46.4 Å². The van der Waals surface area contributed by atoms with Crippen molar-refractivity contribution in [1.29, 1.82) is 0 Å². The SMILES string of the molecule is COCC1(C(=O)NCC(C)N2CCC(C)CC2)CCNCC1.Cl.Cl. The summed E-state index contributed by atoms with van der Waals surface area (Å²) in [4.78, 5) is 15.2. The first kappa shape index (κ1) is 23.9. The lowest BCUT2D eigenvalue weighted by molar-refractivity contribution is -0.136. The van der Waals surface area contributed by atoms with E-state index in [2.05, 4.69) is 29.4 Å². The molecule has 0 spiro atoms. The van der Waals surface area contributed by atoms with Gasteiger partial charge in [0.15, 0.2) is 0 Å². The molecule has 0 aliphatic carbocycles. The Hall–Kier alpha value is -0.0700. The minimum Gasteiger partial charge on any atom is -0.384 e. The monoisotopic (exact) mass is 383 g/mol. The van der Waals surface area contributed by atoms with E-state index in [1.807, 2.05) is 0 Å². The molecule has 7 heteroatoms. The number of likely N-dealkylation sites (tertiary alicyclic amines) is 1. The first-order valence-electron chi connectivity index (χ1n) is 8.79. The average Bonchev–Trinajstić information content (AvgIpc) is 2.54. The smallest absolute Gasteiger partial charge is 0.228 e. The van der Waals surface area contributed by atoms with E-state index in [4.69, 9.17) is 4.74 Å². The summed E-state index contributed by atoms with van der Waals surface area (Å²) in [6.45, 7) is 9.93. The molecule has 0 aromatic rings. The predicted octanol–water partition coefficient (Wildman–Crippen LogP) is 2.08. The van der Waals surface area contributed by atoms with Crippen LogP contribution in [0.2, 0.25) is 0 Å². The Labute approximate surface area is 159 Å². The Bertz CT molecular complexity index is 352. The molecule has 0 aromatic heterocycles. The van der Waals surface area contributed by atoms with Crippen LogP contribution in [-0.4, -0.2) is 63.3 Å². The second kappa shape index (κ2) is 11.5. The summed E-state index contributed by atoms with van der Waals surface area (Å²) in [6.07, 6.45) is 4.28. The molecule has 0 bridgehead atoms. The van der Waals surface area contributed by atoms with Gasteiger partial charge in [-0.15, -0.1) is 24.8 Å². The lowest BCUT2D eigenvalue weighted by Crippen LogP contribution is -2.53. The third-order valence-corrected chi connectivity index (χ3v) is 5.46. The van der Waals surface area contributed by atoms with Crippen molar-refractivity contribution < 1.29 is 9.53 Å². The zero-order valence-corrected chi connectivity index (χ0v) is 16.9. The van der Waals surface area contributed by atoms with Crippen LogP contribution < -0.4 is 10.6 Å². The Kier molecular flexibility index (Phi) is 11.5. The predicted molar refractivity (Wildman–Crippen MR) is 103 cm³/mol. The normalized spacial score (nSPS) is 22.8. The van der Waals surface area contributed by atoms with Crippen LogP contribution in [0.25, 0.3) is 0 Å². The number of hydrogen-bond donors (Lipinski definition) is 2. The van der Waals surface area contributed by atoms with Gasteiger partial charge in [0.05, 0.1) is 12.0 Å². The van der Waals surface area contributed by atoms with Crippen LogP contribution in [0.5, 0.6) is 0 Å². The molecule has 1 atom stereocenters. The Morgan fingerprint density at radius 3 is 2.42 bits per heavy atom. The third kappa shape index (κ3) is 6.34. The van der Waals surface area contributed by atoms with E-state index in [0.29, 0.717) is 12.6 Å². The molecule has 0 saturated carbocycles. The Balaban J connectivity index is 0.00000264. The molecule has 2 aliphatic rings. The number of amides is 1. The van der Waals surface area contributed by atoms with E-state index in [9.17, 15) is 4.79 Å². The maximum atomic E-state index is 12.7. The molecule has 144 valence electrons. The number of nitrogens with zero attached hydrogens (tertiary/aromatic N) is 1. The molecular formula is C17H35Cl2N3O2. The van der Waals surface area contributed by atoms with Crippen molar-refractivity contribution >= 4 is 30.7 Å². The van der Waals surface area contributed by atoms with Gasteiger partial charge in [0, 0.05) is 19.7 Å². The molecule has 24 heavy (non-hydrogen) atoms. The highest BCUT2D eigenvalue weighted by atomic mass is 35.5. The topological polar surface area (TPSA) is 53.6 Å². The highest BCUT2D eigenvalue weighted by Crippen LogP contribution is 2.29. The molecule has 0 radical (unpaired) electrons. The number of piperidine rings is 2. The summed E-state index contributed by atoms with van der Waals surface area (Å²) < 4.78 is 5.34. The molecule has 2 heterocycles. The van der Waals surface area contributed by atoms with Crippen molar-refractivity contribution in [3.8, 4) is 0 Å². The molecule has 2 N–H and O–H groups in total. The number of carbonyl (C=O) groups is 1. The van der Waals surface area contributed by atoms with Gasteiger partial charge in [-0.2, -0.15) is 0 Å². The highest BCUT2D eigenvalue weighted by Gasteiger charge is 2.39. The van der Waals surface area contributed by atoms with E-state index in [1.54, 1.807) is 7.11 Å². The minimum atomic E-state index is -0.337. The van der Waals surface area contributed by atoms with Gasteiger partial charge in [0.1, 0.15) is 0 Å². The van der Waals surface area contributed by atoms with Crippen molar-refractivity contribution in [1.82, 2.24) is 15.5 Å². The average molecular weight is 384 g/mol. The molecular weight excluding hydrogens is 349 g/mol. The maximum Gasteiger partial charge on any atom is 0.228 e. The number of hydrogen-bond acceptors (Lipinski definition) is 4. The van der Waals surface area contributed by atoms with Gasteiger partial charge in [-0.05, 0) is 64.7 Å². The summed E-state index contributed by atoms with van der Waals surface area (Å²) in [7, 11) is 1.69. The zero-order valence-electron chi connectivity index (χ0n) is 15.3. The molecule has 2 rings (SSSR count). The van der Waals surface area contributed by atoms with Gasteiger partial charge < -0.3 is 15.4 Å². The zero-order chi connectivity index (χ0) is 16.0. The summed E-state index contributed by atoms with van der Waals surface area (Å²) >= 11 is 0. The van der Waals surface area contributed by atoms with Crippen LogP contribution >= 0.6 is 24.8 Å². The van der Waals surface area contributed by atoms with Gasteiger partial charge in [0.25, 0.3) is 0 Å². The van der Waals surface area contributed by atoms with Crippen LogP contribution in [0, 0.1) is 11.3 Å². The van der Waals surface area contributed by atoms with E-state index in [1.165, 1.54) is 12.8 Å². The summed E-state index contributed by atoms with van der Waals surface area (Å²) in [5, 5.41) is 6.53. The second-order valence-electron chi connectivity index (χ2n) is 7.24. The number of rotatable bonds is 6. The van der Waals surface area contributed by atoms with E-state index >= 15 is 0 Å². The summed E-state index contributed by atoms with van der Waals surface area (Å²) in [5.41, 5.74) is -0.337. The first-order valence-corrected chi connectivity index (χ1v) is 8.79. The maximum absolute atomic E-state index is 12.7. The van der Waals surface area contributed by atoms with Crippen molar-refractivity contribution in [3.63, 3.8) is 0 Å². The Morgan fingerprint density at radius 1 is 1.29 bits per heavy atom. The number of nitrogens with one attached hydrogen (secondary N) is 2. The van der Waals surface area contributed by atoms with Crippen molar-refractivity contribution in [2.24, 2.45) is 11.3 Å². The number of ether oxygens (including phenoxy) is 1. The molecule has 1 amide bonds. The van der Waals surface area contributed by atoms with Gasteiger partial charge >= 0.3 is 0 Å². The largest absolute Gasteiger partial charge is 0.384 e. The lowest BCUT2D eigenvalue weighted by Gasteiger charge is -2.38. The van der Waals surface area contributed by atoms with Gasteiger partial charge in [-0.3, -0.25) is 9.69 Å². The third-order valence-electron chi connectivity index (χ3n) is 5.46. The molecule has 5 nitrogen and oxygen atoms in total. The number of methoxy groups -OCH3 is 1. The Morgan fingerprint density at radius 2 is 1.88 bits per heavy atom. The quantitative estimate of drug-likeness (QED) is 0.736. The second-order valence-corrected chi connectivity index (χ2v) is 7.24. The molecule has 0 aromatic carbocycles. The van der Waals surface area contributed by atoms with Gasteiger partial charge in [-0.1, -0.05) is 6.92 Å². The molecule has 2 fully saturated rings. The van der Waals surface area contributed by atoms with Crippen molar-refractivity contribution in [3.05, 3.63) is 0 Å². The molecule has 2 aliphatic heterocycles. The minimum absolute atomic E-state index is 0. The molecule has 2 saturated heterocycles. The van der Waals surface area contributed by atoms with Crippen LogP contribution in [0.3, 0.4) is 0 Å². The fourth-order valence-corrected chi connectivity index (χ4v) is 3.64. The van der Waals surface area contributed by atoms with Crippen LogP contribution in [0.4, 0.5) is 0 Å². The number of carbonyl (C=O) groups excluding carboxylic acids is 1. The van der Waals surface area contributed by atoms with Crippen LogP contribution in [-0.2, 0) is 9.53 Å². The summed E-state index contributed by atoms with van der Waals surface area (Å²) in [5.74, 6) is 1.02. The van der Waals surface area contributed by atoms with Gasteiger partial charge in [0.2, 0.25) is 5.91 Å². The highest BCUT2D eigenvalue weighted by molar-refractivity contribution is 5.85. The van der Waals surface area contributed by atoms with Crippen molar-refractivity contribution in [2.45, 2.75) is 45.6 Å². The first-order chi connectivity index (χ1) is 10.6. The van der Waals surface area contributed by atoms with Crippen LogP contribution in [0.15, 0.2) is 0 Å². The summed E-state index contributed by atoms with van der Waals surface area (Å²) in [6, 6.07) is 0.415.